The Morgan fingerprint density at radius 3 is 2.56 bits per heavy atom. The maximum absolute atomic E-state index is 12.7. The van der Waals surface area contributed by atoms with Gasteiger partial charge in [0.2, 0.25) is 0 Å². The van der Waals surface area contributed by atoms with E-state index < -0.39 is 0 Å². The summed E-state index contributed by atoms with van der Waals surface area (Å²) in [6.45, 7) is 6.91. The van der Waals surface area contributed by atoms with Crippen LogP contribution in [0.2, 0.25) is 0 Å². The number of hydrogen-bond acceptors (Lipinski definition) is 4. The van der Waals surface area contributed by atoms with Gasteiger partial charge < -0.3 is 19.7 Å². The second kappa shape index (κ2) is 10.5. The van der Waals surface area contributed by atoms with Gasteiger partial charge in [-0.25, -0.2) is 0 Å². The largest absolute Gasteiger partial charge is 0.493 e. The van der Waals surface area contributed by atoms with Crippen LogP contribution >= 0.6 is 12.4 Å². The third kappa shape index (κ3) is 6.08. The molecular weight excluding hydrogens is 340 g/mol. The van der Waals surface area contributed by atoms with Crippen LogP contribution in [0.1, 0.15) is 43.5 Å². The zero-order valence-electron chi connectivity index (χ0n) is 15.7. The van der Waals surface area contributed by atoms with Crippen LogP contribution in [0.15, 0.2) is 18.2 Å². The fourth-order valence-electron chi connectivity index (χ4n) is 2.89. The highest BCUT2D eigenvalue weighted by Crippen LogP contribution is 2.29. The highest BCUT2D eigenvalue weighted by molar-refractivity contribution is 5.95. The van der Waals surface area contributed by atoms with E-state index in [2.05, 4.69) is 19.2 Å². The predicted octanol–water partition coefficient (Wildman–Crippen LogP) is 3.37. The van der Waals surface area contributed by atoms with Gasteiger partial charge in [0.15, 0.2) is 11.5 Å². The first kappa shape index (κ1) is 21.6. The summed E-state index contributed by atoms with van der Waals surface area (Å²) in [5.74, 6) is 1.94. The molecular formula is C19H31ClN2O3. The molecule has 1 fully saturated rings. The van der Waals surface area contributed by atoms with Crippen LogP contribution in [-0.4, -0.2) is 50.7 Å². The second-order valence-corrected chi connectivity index (χ2v) is 6.79. The van der Waals surface area contributed by atoms with E-state index >= 15 is 0 Å². The number of rotatable bonds is 7. The van der Waals surface area contributed by atoms with Gasteiger partial charge in [0.1, 0.15) is 0 Å². The summed E-state index contributed by atoms with van der Waals surface area (Å²) in [7, 11) is 3.49. The second-order valence-electron chi connectivity index (χ2n) is 6.79. The monoisotopic (exact) mass is 370 g/mol. The van der Waals surface area contributed by atoms with Gasteiger partial charge in [-0.3, -0.25) is 4.79 Å². The molecule has 0 spiro atoms. The van der Waals surface area contributed by atoms with Gasteiger partial charge in [-0.15, -0.1) is 12.4 Å². The van der Waals surface area contributed by atoms with Crippen molar-refractivity contribution in [3.63, 3.8) is 0 Å². The smallest absolute Gasteiger partial charge is 0.253 e. The third-order valence-electron chi connectivity index (χ3n) is 4.54. The fraction of sp³-hybridized carbons (Fsp3) is 0.632. The van der Waals surface area contributed by atoms with Crippen molar-refractivity contribution in [2.75, 3.05) is 33.9 Å². The minimum absolute atomic E-state index is 0. The number of halogens is 1. The number of methoxy groups -OCH3 is 1. The Bertz CT molecular complexity index is 545. The molecule has 0 atom stereocenters. The van der Waals surface area contributed by atoms with Crippen LogP contribution in [0.25, 0.3) is 0 Å². The first-order valence-electron chi connectivity index (χ1n) is 8.81. The molecule has 142 valence electrons. The number of hydrogen-bond donors (Lipinski definition) is 1. The molecule has 0 unspecified atom stereocenters. The van der Waals surface area contributed by atoms with E-state index in [9.17, 15) is 4.79 Å². The lowest BCUT2D eigenvalue weighted by atomic mass is 10.0. The van der Waals surface area contributed by atoms with Crippen molar-refractivity contribution in [1.29, 1.82) is 0 Å². The van der Waals surface area contributed by atoms with Crippen LogP contribution in [0.3, 0.4) is 0 Å². The Balaban J connectivity index is 0.00000312. The third-order valence-corrected chi connectivity index (χ3v) is 4.54. The molecule has 5 nitrogen and oxygen atoms in total. The Morgan fingerprint density at radius 2 is 1.96 bits per heavy atom. The van der Waals surface area contributed by atoms with Crippen molar-refractivity contribution in [2.45, 2.75) is 39.2 Å². The van der Waals surface area contributed by atoms with Crippen molar-refractivity contribution in [3.05, 3.63) is 23.8 Å². The Hall–Kier alpha value is -1.46. The van der Waals surface area contributed by atoms with Crippen LogP contribution in [-0.2, 0) is 0 Å². The lowest BCUT2D eigenvalue weighted by Crippen LogP contribution is -2.43. The summed E-state index contributed by atoms with van der Waals surface area (Å²) in [6, 6.07) is 5.74. The number of ether oxygens (including phenoxy) is 2. The average molecular weight is 371 g/mol. The molecule has 1 aromatic carbocycles. The lowest BCUT2D eigenvalue weighted by Gasteiger charge is -2.31. The first-order valence-corrected chi connectivity index (χ1v) is 8.81. The van der Waals surface area contributed by atoms with Gasteiger partial charge in [0, 0.05) is 18.7 Å². The molecule has 0 aromatic heterocycles. The summed E-state index contributed by atoms with van der Waals surface area (Å²) in [5, 5.41) is 3.33. The molecule has 1 amide bonds. The molecule has 1 N–H and O–H groups in total. The molecule has 1 aromatic rings. The minimum atomic E-state index is 0. The average Bonchev–Trinajstić information content (AvgIpc) is 2.61. The summed E-state index contributed by atoms with van der Waals surface area (Å²) in [4.78, 5) is 14.6. The Morgan fingerprint density at radius 1 is 1.28 bits per heavy atom. The molecule has 1 saturated heterocycles. The van der Waals surface area contributed by atoms with Gasteiger partial charge in [-0.1, -0.05) is 13.8 Å². The zero-order valence-corrected chi connectivity index (χ0v) is 16.5. The maximum atomic E-state index is 12.7. The normalized spacial score (nSPS) is 14.8. The standard InChI is InChI=1S/C19H30N2O3.ClH/c1-14(2)9-12-24-17-6-5-15(13-18(17)23-4)19(22)21(3)16-7-10-20-11-8-16;/h5-6,13-14,16,20H,7-12H2,1-4H3;1H. The highest BCUT2D eigenvalue weighted by atomic mass is 35.5. The molecule has 1 heterocycles. The first-order chi connectivity index (χ1) is 11.5. The molecule has 6 heteroatoms. The number of amides is 1. The van der Waals surface area contributed by atoms with Gasteiger partial charge in [0.25, 0.3) is 5.91 Å². The number of benzene rings is 1. The van der Waals surface area contributed by atoms with Gasteiger partial charge in [0.05, 0.1) is 13.7 Å². The molecule has 0 saturated carbocycles. The van der Waals surface area contributed by atoms with Crippen molar-refractivity contribution in [3.8, 4) is 11.5 Å². The van der Waals surface area contributed by atoms with E-state index in [0.717, 1.165) is 32.4 Å². The van der Waals surface area contributed by atoms with E-state index in [0.29, 0.717) is 35.6 Å². The molecule has 25 heavy (non-hydrogen) atoms. The van der Waals surface area contributed by atoms with Crippen molar-refractivity contribution in [1.82, 2.24) is 10.2 Å². The molecule has 0 bridgehead atoms. The van der Waals surface area contributed by atoms with E-state index in [-0.39, 0.29) is 18.3 Å². The topological polar surface area (TPSA) is 50.8 Å². The van der Waals surface area contributed by atoms with Crippen molar-refractivity contribution < 1.29 is 14.3 Å². The summed E-state index contributed by atoms with van der Waals surface area (Å²) in [6.07, 6.45) is 2.98. The number of carbonyl (C=O) groups is 1. The van der Waals surface area contributed by atoms with E-state index in [1.165, 1.54) is 0 Å². The number of piperidine rings is 1. The van der Waals surface area contributed by atoms with E-state index in [4.69, 9.17) is 9.47 Å². The number of nitrogens with zero attached hydrogens (tertiary/aromatic N) is 1. The summed E-state index contributed by atoms with van der Waals surface area (Å²) >= 11 is 0. The van der Waals surface area contributed by atoms with Gasteiger partial charge in [-0.05, 0) is 56.5 Å². The quantitative estimate of drug-likeness (QED) is 0.799. The predicted molar refractivity (Wildman–Crippen MR) is 103 cm³/mol. The minimum Gasteiger partial charge on any atom is -0.493 e. The van der Waals surface area contributed by atoms with E-state index in [1.54, 1.807) is 13.2 Å². The van der Waals surface area contributed by atoms with Crippen LogP contribution < -0.4 is 14.8 Å². The molecule has 1 aliphatic heterocycles. The maximum Gasteiger partial charge on any atom is 0.253 e. The molecule has 0 radical (unpaired) electrons. The van der Waals surface area contributed by atoms with Gasteiger partial charge in [-0.2, -0.15) is 0 Å². The fourth-order valence-corrected chi connectivity index (χ4v) is 2.89. The Labute approximate surface area is 157 Å². The van der Waals surface area contributed by atoms with Crippen LogP contribution in [0.4, 0.5) is 0 Å². The van der Waals surface area contributed by atoms with Crippen molar-refractivity contribution in [2.24, 2.45) is 5.92 Å². The summed E-state index contributed by atoms with van der Waals surface area (Å²) in [5.41, 5.74) is 0.643. The highest BCUT2D eigenvalue weighted by Gasteiger charge is 2.23. The van der Waals surface area contributed by atoms with Crippen LogP contribution in [0, 0.1) is 5.92 Å². The summed E-state index contributed by atoms with van der Waals surface area (Å²) < 4.78 is 11.2. The molecule has 2 rings (SSSR count). The zero-order chi connectivity index (χ0) is 17.5. The lowest BCUT2D eigenvalue weighted by molar-refractivity contribution is 0.0703. The van der Waals surface area contributed by atoms with Crippen molar-refractivity contribution >= 4 is 18.3 Å². The van der Waals surface area contributed by atoms with Crippen LogP contribution in [0.5, 0.6) is 11.5 Å². The number of nitrogens with one attached hydrogen (secondary N) is 1. The SMILES string of the molecule is COc1cc(C(=O)N(C)C2CCNCC2)ccc1OCCC(C)C.Cl. The van der Waals surface area contributed by atoms with E-state index in [1.807, 2.05) is 24.1 Å². The molecule has 0 aliphatic carbocycles. The molecule has 1 aliphatic rings. The van der Waals surface area contributed by atoms with Gasteiger partial charge >= 0.3 is 0 Å². The Kier molecular flexibility index (Phi) is 9.08. The number of carbonyl (C=O) groups excluding carboxylic acids is 1.